The van der Waals surface area contributed by atoms with Crippen LogP contribution in [0.5, 0.6) is 11.5 Å². The fourth-order valence-electron chi connectivity index (χ4n) is 2.99. The van der Waals surface area contributed by atoms with Gasteiger partial charge in [0.2, 0.25) is 0 Å². The molecule has 1 amide bonds. The topological polar surface area (TPSA) is 87.1 Å². The minimum Gasteiger partial charge on any atom is -0.504 e. The van der Waals surface area contributed by atoms with Gasteiger partial charge in [-0.1, -0.05) is 60.4 Å². The number of phenols is 1. The van der Waals surface area contributed by atoms with Crippen molar-refractivity contribution in [1.82, 2.24) is 4.90 Å². The third-order valence-corrected chi connectivity index (χ3v) is 5.60. The van der Waals surface area contributed by atoms with E-state index >= 15 is 0 Å². The Hall–Kier alpha value is -2.84. The number of hydrogen-bond donors (Lipinski definition) is 2. The summed E-state index contributed by atoms with van der Waals surface area (Å²) in [6.45, 7) is 2.20. The summed E-state index contributed by atoms with van der Waals surface area (Å²) in [6.07, 6.45) is 1.40. The number of carboxylic acid groups (broad SMARTS) is 1. The van der Waals surface area contributed by atoms with Crippen LogP contribution < -0.4 is 4.74 Å². The Bertz CT molecular complexity index is 974. The number of benzene rings is 2. The molecule has 0 spiro atoms. The SMILES string of the molecule is CCOc1cc(/C=C2\SC(=S)N([C@H](CC(=O)O)c3ccccc3)C2=O)ccc1O. The van der Waals surface area contributed by atoms with Crippen molar-refractivity contribution in [2.45, 2.75) is 19.4 Å². The number of thioether (sulfide) groups is 1. The Kier molecular flexibility index (Phi) is 6.56. The quantitative estimate of drug-likeness (QED) is 0.504. The lowest BCUT2D eigenvalue weighted by Gasteiger charge is -2.26. The Morgan fingerprint density at radius 3 is 2.66 bits per heavy atom. The molecule has 1 saturated heterocycles. The van der Waals surface area contributed by atoms with Gasteiger partial charge in [-0.25, -0.2) is 0 Å². The van der Waals surface area contributed by atoms with Crippen molar-refractivity contribution < 1.29 is 24.5 Å². The molecule has 3 rings (SSSR count). The van der Waals surface area contributed by atoms with E-state index in [0.717, 1.165) is 11.8 Å². The maximum absolute atomic E-state index is 13.1. The summed E-state index contributed by atoms with van der Waals surface area (Å²) in [5.41, 5.74) is 1.37. The van der Waals surface area contributed by atoms with Crippen LogP contribution in [-0.4, -0.2) is 37.9 Å². The van der Waals surface area contributed by atoms with Gasteiger partial charge in [0.25, 0.3) is 5.91 Å². The lowest BCUT2D eigenvalue weighted by Crippen LogP contribution is -2.34. The number of aliphatic carboxylic acids is 1. The second kappa shape index (κ2) is 9.11. The molecule has 0 unspecified atom stereocenters. The lowest BCUT2D eigenvalue weighted by atomic mass is 10.0. The second-order valence-corrected chi connectivity index (χ2v) is 7.91. The number of carbonyl (C=O) groups is 2. The number of phenolic OH excluding ortho intramolecular Hbond substituents is 1. The van der Waals surface area contributed by atoms with E-state index in [4.69, 9.17) is 17.0 Å². The highest BCUT2D eigenvalue weighted by Gasteiger charge is 2.38. The molecule has 2 aromatic carbocycles. The van der Waals surface area contributed by atoms with Gasteiger partial charge in [0.05, 0.1) is 24.0 Å². The van der Waals surface area contributed by atoms with E-state index in [1.54, 1.807) is 42.5 Å². The van der Waals surface area contributed by atoms with Crippen LogP contribution in [0, 0.1) is 0 Å². The van der Waals surface area contributed by atoms with Crippen LogP contribution in [0.3, 0.4) is 0 Å². The van der Waals surface area contributed by atoms with Crippen molar-refractivity contribution in [1.29, 1.82) is 0 Å². The predicted molar refractivity (Wildman–Crippen MR) is 116 cm³/mol. The van der Waals surface area contributed by atoms with Crippen molar-refractivity contribution in [2.75, 3.05) is 6.61 Å². The van der Waals surface area contributed by atoms with E-state index in [-0.39, 0.29) is 18.1 Å². The highest BCUT2D eigenvalue weighted by molar-refractivity contribution is 8.26. The third-order valence-electron chi connectivity index (χ3n) is 4.27. The first-order valence-corrected chi connectivity index (χ1v) is 10.1. The first-order valence-electron chi connectivity index (χ1n) is 8.90. The monoisotopic (exact) mass is 429 g/mol. The van der Waals surface area contributed by atoms with Crippen LogP contribution in [0.2, 0.25) is 0 Å². The largest absolute Gasteiger partial charge is 0.504 e. The van der Waals surface area contributed by atoms with E-state index in [2.05, 4.69) is 0 Å². The minimum atomic E-state index is -1.02. The normalized spacial score (nSPS) is 16.3. The standard InChI is InChI=1S/C21H19NO5S2/c1-2-27-17-10-13(8-9-16(17)23)11-18-20(26)22(21(28)29-18)15(12-19(24)25)14-6-4-3-5-7-14/h3-11,15,23H,2,12H2,1H3,(H,24,25)/b18-11-/t15-/m1/s1. The van der Waals surface area contributed by atoms with E-state index in [1.165, 1.54) is 11.0 Å². The number of rotatable bonds is 7. The molecule has 0 bridgehead atoms. The molecule has 8 heteroatoms. The van der Waals surface area contributed by atoms with Gasteiger partial charge in [0.1, 0.15) is 4.32 Å². The van der Waals surface area contributed by atoms with E-state index < -0.39 is 12.0 Å². The number of carboxylic acids is 1. The van der Waals surface area contributed by atoms with Gasteiger partial charge in [0.15, 0.2) is 11.5 Å². The number of carbonyl (C=O) groups excluding carboxylic acids is 1. The molecule has 2 aromatic rings. The van der Waals surface area contributed by atoms with Gasteiger partial charge in [-0.05, 0) is 36.3 Å². The van der Waals surface area contributed by atoms with Gasteiger partial charge < -0.3 is 14.9 Å². The average molecular weight is 430 g/mol. The van der Waals surface area contributed by atoms with Crippen molar-refractivity contribution in [3.8, 4) is 11.5 Å². The zero-order chi connectivity index (χ0) is 21.0. The van der Waals surface area contributed by atoms with Crippen molar-refractivity contribution >= 4 is 46.3 Å². The summed E-state index contributed by atoms with van der Waals surface area (Å²) in [7, 11) is 0. The number of ether oxygens (including phenoxy) is 1. The lowest BCUT2D eigenvalue weighted by molar-refractivity contribution is -0.138. The maximum atomic E-state index is 13.1. The van der Waals surface area contributed by atoms with E-state index in [1.807, 2.05) is 13.0 Å². The van der Waals surface area contributed by atoms with Gasteiger partial charge in [-0.3, -0.25) is 14.5 Å². The molecular weight excluding hydrogens is 410 g/mol. The van der Waals surface area contributed by atoms with Crippen LogP contribution >= 0.6 is 24.0 Å². The van der Waals surface area contributed by atoms with E-state index in [0.29, 0.717) is 32.7 Å². The van der Waals surface area contributed by atoms with Gasteiger partial charge in [-0.2, -0.15) is 0 Å². The van der Waals surface area contributed by atoms with Gasteiger partial charge in [-0.15, -0.1) is 0 Å². The smallest absolute Gasteiger partial charge is 0.305 e. The zero-order valence-electron chi connectivity index (χ0n) is 15.6. The fourth-order valence-corrected chi connectivity index (χ4v) is 4.35. The minimum absolute atomic E-state index is 0.0159. The molecule has 1 fully saturated rings. The average Bonchev–Trinajstić information content (AvgIpc) is 2.96. The molecule has 1 atom stereocenters. The molecule has 1 aliphatic heterocycles. The van der Waals surface area contributed by atoms with Gasteiger partial charge in [0, 0.05) is 0 Å². The molecule has 0 aliphatic carbocycles. The third kappa shape index (κ3) is 4.78. The van der Waals surface area contributed by atoms with Crippen LogP contribution in [0.4, 0.5) is 0 Å². The molecule has 29 heavy (non-hydrogen) atoms. The Morgan fingerprint density at radius 2 is 2.00 bits per heavy atom. The molecule has 0 saturated carbocycles. The fraction of sp³-hybridized carbons (Fsp3) is 0.190. The summed E-state index contributed by atoms with van der Waals surface area (Å²) in [4.78, 5) is 26.2. The van der Waals surface area contributed by atoms with Crippen LogP contribution in [0.15, 0.2) is 53.4 Å². The van der Waals surface area contributed by atoms with Crippen molar-refractivity contribution in [2.24, 2.45) is 0 Å². The maximum Gasteiger partial charge on any atom is 0.305 e. The summed E-state index contributed by atoms with van der Waals surface area (Å²) in [6, 6.07) is 13.1. The number of thiocarbonyl (C=S) groups is 1. The first-order chi connectivity index (χ1) is 13.9. The Morgan fingerprint density at radius 1 is 1.28 bits per heavy atom. The Labute approximate surface area is 177 Å². The van der Waals surface area contributed by atoms with Crippen LogP contribution in [-0.2, 0) is 9.59 Å². The van der Waals surface area contributed by atoms with Crippen molar-refractivity contribution in [3.63, 3.8) is 0 Å². The number of hydrogen-bond acceptors (Lipinski definition) is 6. The summed E-state index contributed by atoms with van der Waals surface area (Å²) in [5, 5.41) is 19.2. The van der Waals surface area contributed by atoms with Crippen molar-refractivity contribution in [3.05, 3.63) is 64.6 Å². The molecule has 1 aliphatic rings. The number of aromatic hydroxyl groups is 1. The highest BCUT2D eigenvalue weighted by atomic mass is 32.2. The second-order valence-electron chi connectivity index (χ2n) is 6.24. The van der Waals surface area contributed by atoms with Crippen LogP contribution in [0.1, 0.15) is 30.5 Å². The molecular formula is C21H19NO5S2. The summed E-state index contributed by atoms with van der Waals surface area (Å²) in [5.74, 6) is -1.02. The summed E-state index contributed by atoms with van der Waals surface area (Å²) < 4.78 is 5.68. The summed E-state index contributed by atoms with van der Waals surface area (Å²) >= 11 is 6.52. The molecule has 0 aromatic heterocycles. The van der Waals surface area contributed by atoms with E-state index in [9.17, 15) is 19.8 Å². The van der Waals surface area contributed by atoms with Gasteiger partial charge >= 0.3 is 5.97 Å². The first kappa shape index (κ1) is 20.9. The zero-order valence-corrected chi connectivity index (χ0v) is 17.2. The molecule has 0 radical (unpaired) electrons. The molecule has 6 nitrogen and oxygen atoms in total. The number of nitrogens with zero attached hydrogens (tertiary/aromatic N) is 1. The Balaban J connectivity index is 1.93. The molecule has 150 valence electrons. The highest BCUT2D eigenvalue weighted by Crippen LogP contribution is 2.40. The number of amides is 1. The van der Waals surface area contributed by atoms with Crippen LogP contribution in [0.25, 0.3) is 6.08 Å². The molecule has 1 heterocycles. The molecule has 2 N–H and O–H groups in total. The predicted octanol–water partition coefficient (Wildman–Crippen LogP) is 4.21.